The average molecular weight is 430 g/mol. The molecule has 0 saturated carbocycles. The number of carbonyl (C=O) groups is 1. The van der Waals surface area contributed by atoms with Gasteiger partial charge in [-0.1, -0.05) is 0 Å². The van der Waals surface area contributed by atoms with Crippen LogP contribution in [0.5, 0.6) is 0 Å². The fraction of sp³-hybridized carbons (Fsp3) is 0.222. The second kappa shape index (κ2) is 8.37. The zero-order valence-electron chi connectivity index (χ0n) is 16.1. The van der Waals surface area contributed by atoms with Gasteiger partial charge in [-0.3, -0.25) is 14.9 Å². The highest BCUT2D eigenvalue weighted by molar-refractivity contribution is 7.90. The van der Waals surface area contributed by atoms with E-state index in [-0.39, 0.29) is 22.4 Å². The Morgan fingerprint density at radius 1 is 1.27 bits per heavy atom. The van der Waals surface area contributed by atoms with Gasteiger partial charge in [0.2, 0.25) is 17.5 Å². The van der Waals surface area contributed by atoms with Gasteiger partial charge in [0.25, 0.3) is 0 Å². The van der Waals surface area contributed by atoms with Crippen molar-refractivity contribution in [3.8, 4) is 0 Å². The molecule has 0 unspecified atom stereocenters. The van der Waals surface area contributed by atoms with Crippen LogP contribution in [0, 0.1) is 10.1 Å². The van der Waals surface area contributed by atoms with E-state index in [1.807, 2.05) is 0 Å². The Morgan fingerprint density at radius 3 is 2.50 bits per heavy atom. The normalized spacial score (nSPS) is 15.3. The van der Waals surface area contributed by atoms with E-state index in [0.717, 1.165) is 12.6 Å². The monoisotopic (exact) mass is 430 g/mol. The maximum Gasteiger partial charge on any atom is 0.355 e. The van der Waals surface area contributed by atoms with Crippen LogP contribution in [0.4, 0.5) is 23.0 Å². The number of aliphatic imine (C=N–C) groups is 1. The summed E-state index contributed by atoms with van der Waals surface area (Å²) in [6, 6.07) is 5.74. The van der Waals surface area contributed by atoms with Crippen LogP contribution in [0.15, 0.2) is 52.8 Å². The third-order valence-corrected chi connectivity index (χ3v) is 5.37. The maximum atomic E-state index is 11.7. The van der Waals surface area contributed by atoms with Crippen molar-refractivity contribution in [1.29, 1.82) is 0 Å². The topological polar surface area (TPSA) is 148 Å². The first kappa shape index (κ1) is 21.0. The first-order valence-corrected chi connectivity index (χ1v) is 10.6. The molecule has 0 bridgehead atoms. The molecule has 2 aromatic rings. The van der Waals surface area contributed by atoms with Crippen LogP contribution in [-0.2, 0) is 14.6 Å². The third-order valence-electron chi connectivity index (χ3n) is 4.24. The van der Waals surface area contributed by atoms with Crippen molar-refractivity contribution in [3.63, 3.8) is 0 Å². The number of benzene rings is 1. The molecule has 0 fully saturated rings. The summed E-state index contributed by atoms with van der Waals surface area (Å²) in [5.74, 6) is -0.306. The van der Waals surface area contributed by atoms with E-state index >= 15 is 0 Å². The number of allylic oxidation sites excluding steroid dienone is 1. The molecule has 30 heavy (non-hydrogen) atoms. The number of anilines is 2. The molecule has 12 heteroatoms. The van der Waals surface area contributed by atoms with E-state index in [1.165, 1.54) is 36.1 Å². The Labute approximate surface area is 172 Å². The summed E-state index contributed by atoms with van der Waals surface area (Å²) in [6.07, 6.45) is 5.83. The summed E-state index contributed by atoms with van der Waals surface area (Å²) >= 11 is 0. The van der Waals surface area contributed by atoms with Crippen molar-refractivity contribution in [2.45, 2.75) is 18.2 Å². The van der Waals surface area contributed by atoms with Gasteiger partial charge >= 0.3 is 5.69 Å². The molecular weight excluding hydrogens is 412 g/mol. The first-order chi connectivity index (χ1) is 14.1. The number of sulfone groups is 1. The van der Waals surface area contributed by atoms with Crippen molar-refractivity contribution in [2.75, 3.05) is 18.1 Å². The van der Waals surface area contributed by atoms with Gasteiger partial charge in [-0.15, -0.1) is 0 Å². The summed E-state index contributed by atoms with van der Waals surface area (Å²) in [6.45, 7) is 1.86. The highest BCUT2D eigenvalue weighted by Gasteiger charge is 2.24. The average Bonchev–Trinajstić information content (AvgIpc) is 2.68. The number of nitrogens with one attached hydrogen (secondary N) is 1. The lowest BCUT2D eigenvalue weighted by molar-refractivity contribution is -0.383. The standard InChI is InChI=1S/C18H18N6O5S/c1-12(25)23-9-7-14(8-10-23)22-18-16(24(26)27)17(19-11-20-18)21-13-3-5-15(6-4-13)30(2,28)29/h3-7,9,11H,8,10H2,1-2H3,(H,19,20,21). The summed E-state index contributed by atoms with van der Waals surface area (Å²) < 4.78 is 23.1. The summed E-state index contributed by atoms with van der Waals surface area (Å²) in [5.41, 5.74) is 0.537. The molecule has 0 saturated heterocycles. The summed E-state index contributed by atoms with van der Waals surface area (Å²) in [7, 11) is -3.36. The van der Waals surface area contributed by atoms with Gasteiger partial charge in [-0.2, -0.15) is 0 Å². The van der Waals surface area contributed by atoms with Crippen molar-refractivity contribution >= 4 is 44.5 Å². The highest BCUT2D eigenvalue weighted by Crippen LogP contribution is 2.33. The number of hydrogen-bond donors (Lipinski definition) is 1. The molecule has 1 aliphatic rings. The largest absolute Gasteiger partial charge is 0.355 e. The van der Waals surface area contributed by atoms with Crippen molar-refractivity contribution in [2.24, 2.45) is 4.99 Å². The zero-order chi connectivity index (χ0) is 21.9. The molecule has 0 aliphatic carbocycles. The predicted molar refractivity (Wildman–Crippen MR) is 110 cm³/mol. The van der Waals surface area contributed by atoms with E-state index in [1.54, 1.807) is 12.3 Å². The second-order valence-electron chi connectivity index (χ2n) is 6.45. The molecule has 1 amide bonds. The van der Waals surface area contributed by atoms with Crippen molar-refractivity contribution in [3.05, 3.63) is 53.0 Å². The van der Waals surface area contributed by atoms with Crippen LogP contribution in [0.1, 0.15) is 13.3 Å². The fourth-order valence-electron chi connectivity index (χ4n) is 2.69. The van der Waals surface area contributed by atoms with E-state index in [4.69, 9.17) is 0 Å². The predicted octanol–water partition coefficient (Wildman–Crippen LogP) is 2.37. The lowest BCUT2D eigenvalue weighted by Gasteiger charge is -2.20. The van der Waals surface area contributed by atoms with Crippen LogP contribution < -0.4 is 5.32 Å². The van der Waals surface area contributed by atoms with E-state index in [2.05, 4.69) is 20.3 Å². The molecule has 1 N–H and O–H groups in total. The molecule has 1 aliphatic heterocycles. The van der Waals surface area contributed by atoms with Crippen LogP contribution in [0.25, 0.3) is 0 Å². The Kier molecular flexibility index (Phi) is 5.87. The number of carbonyl (C=O) groups excluding carboxylic acids is 1. The number of hydrogen-bond acceptors (Lipinski definition) is 9. The smallest absolute Gasteiger partial charge is 0.334 e. The molecule has 11 nitrogen and oxygen atoms in total. The van der Waals surface area contributed by atoms with Gasteiger partial charge in [-0.05, 0) is 30.3 Å². The maximum absolute atomic E-state index is 11.7. The van der Waals surface area contributed by atoms with E-state index in [9.17, 15) is 23.3 Å². The first-order valence-electron chi connectivity index (χ1n) is 8.74. The third kappa shape index (κ3) is 4.84. The highest BCUT2D eigenvalue weighted by atomic mass is 32.2. The van der Waals surface area contributed by atoms with Crippen LogP contribution in [0.3, 0.4) is 0 Å². The zero-order valence-corrected chi connectivity index (χ0v) is 17.0. The number of rotatable bonds is 5. The van der Waals surface area contributed by atoms with E-state index in [0.29, 0.717) is 24.4 Å². The van der Waals surface area contributed by atoms with E-state index < -0.39 is 20.4 Å². The minimum atomic E-state index is -3.36. The molecule has 2 heterocycles. The summed E-state index contributed by atoms with van der Waals surface area (Å²) in [4.78, 5) is 36.2. The van der Waals surface area contributed by atoms with Crippen LogP contribution >= 0.6 is 0 Å². The van der Waals surface area contributed by atoms with Crippen molar-refractivity contribution in [1.82, 2.24) is 14.9 Å². The van der Waals surface area contributed by atoms with Crippen molar-refractivity contribution < 1.29 is 18.1 Å². The Hall–Kier alpha value is -3.67. The van der Waals surface area contributed by atoms with Crippen LogP contribution in [0.2, 0.25) is 0 Å². The van der Waals surface area contributed by atoms with Gasteiger partial charge < -0.3 is 10.2 Å². The fourth-order valence-corrected chi connectivity index (χ4v) is 3.32. The molecule has 1 aromatic carbocycles. The molecule has 0 spiro atoms. The minimum Gasteiger partial charge on any atom is -0.334 e. The van der Waals surface area contributed by atoms with Gasteiger partial charge in [0.05, 0.1) is 9.82 Å². The van der Waals surface area contributed by atoms with Gasteiger partial charge in [-0.25, -0.2) is 23.4 Å². The summed E-state index contributed by atoms with van der Waals surface area (Å²) in [5, 5.41) is 14.5. The quantitative estimate of drug-likeness (QED) is 0.561. The second-order valence-corrected chi connectivity index (χ2v) is 8.47. The number of nitro groups is 1. The van der Waals surface area contributed by atoms with Gasteiger partial charge in [0.15, 0.2) is 9.84 Å². The Morgan fingerprint density at radius 2 is 1.97 bits per heavy atom. The number of aromatic nitrogens is 2. The molecule has 1 aromatic heterocycles. The SMILES string of the molecule is CC(=O)N1C=CC(=Nc2ncnc(Nc3ccc(S(C)(=O)=O)cc3)c2[N+](=O)[O-])CC1. The number of amides is 1. The molecular formula is C18H18N6O5S. The van der Waals surface area contributed by atoms with Crippen LogP contribution in [-0.4, -0.2) is 52.6 Å². The molecule has 0 radical (unpaired) electrons. The Bertz CT molecular complexity index is 1160. The van der Waals surface area contributed by atoms with Gasteiger partial charge in [0, 0.05) is 43.7 Å². The molecule has 3 rings (SSSR count). The number of nitrogens with zero attached hydrogens (tertiary/aromatic N) is 5. The Balaban J connectivity index is 1.92. The molecule has 156 valence electrons. The lowest BCUT2D eigenvalue weighted by atomic mass is 10.2. The lowest BCUT2D eigenvalue weighted by Crippen LogP contribution is -2.28. The molecule has 0 atom stereocenters. The minimum absolute atomic E-state index is 0.0772. The van der Waals surface area contributed by atoms with Gasteiger partial charge in [0.1, 0.15) is 6.33 Å².